The Bertz CT molecular complexity index is 973. The van der Waals surface area contributed by atoms with Crippen LogP contribution >= 0.6 is 35.0 Å². The van der Waals surface area contributed by atoms with Crippen molar-refractivity contribution in [2.24, 2.45) is 4.99 Å². The van der Waals surface area contributed by atoms with Gasteiger partial charge in [0.1, 0.15) is 0 Å². The number of carboxylic acids is 1. The number of hydrogen-bond donors (Lipinski definition) is 1. The lowest BCUT2D eigenvalue weighted by atomic mass is 10.2. The summed E-state index contributed by atoms with van der Waals surface area (Å²) in [6.45, 7) is 0. The molecule has 8 heteroatoms. The minimum Gasteiger partial charge on any atom is -0.478 e. The van der Waals surface area contributed by atoms with E-state index < -0.39 is 5.97 Å². The molecule has 0 spiro atoms. The van der Waals surface area contributed by atoms with Gasteiger partial charge >= 0.3 is 5.97 Å². The first-order valence-electron chi connectivity index (χ1n) is 7.40. The number of benzene rings is 2. The number of carbonyl (C=O) groups excluding carboxylic acids is 1. The van der Waals surface area contributed by atoms with Crippen LogP contribution < -0.4 is 0 Å². The number of amidine groups is 1. The van der Waals surface area contributed by atoms with E-state index in [0.29, 0.717) is 31.4 Å². The monoisotopic (exact) mass is 406 g/mol. The normalized spacial score (nSPS) is 17.3. The molecule has 0 atom stereocenters. The molecule has 2 aromatic rings. The molecule has 2 aromatic carbocycles. The highest BCUT2D eigenvalue weighted by Crippen LogP contribution is 2.34. The van der Waals surface area contributed by atoms with E-state index in [1.54, 1.807) is 43.5 Å². The Labute approximate surface area is 163 Å². The fraction of sp³-hybridized carbons (Fsp3) is 0.0556. The fourth-order valence-corrected chi connectivity index (χ4v) is 3.67. The molecule has 0 bridgehead atoms. The number of hydrogen-bond acceptors (Lipinski definition) is 4. The van der Waals surface area contributed by atoms with E-state index in [1.165, 1.54) is 28.8 Å². The quantitative estimate of drug-likeness (QED) is 0.733. The summed E-state index contributed by atoms with van der Waals surface area (Å²) < 4.78 is 0. The highest BCUT2D eigenvalue weighted by molar-refractivity contribution is 8.18. The van der Waals surface area contributed by atoms with Crippen LogP contribution in [0.1, 0.15) is 15.9 Å². The maximum atomic E-state index is 12.5. The topological polar surface area (TPSA) is 70.0 Å². The van der Waals surface area contributed by atoms with Gasteiger partial charge in [0.15, 0.2) is 5.17 Å². The minimum absolute atomic E-state index is 0.132. The summed E-state index contributed by atoms with van der Waals surface area (Å²) >= 11 is 13.2. The van der Waals surface area contributed by atoms with E-state index in [1.807, 2.05) is 0 Å². The number of amides is 1. The third-order valence-electron chi connectivity index (χ3n) is 3.57. The second-order valence-electron chi connectivity index (χ2n) is 5.39. The Morgan fingerprint density at radius 1 is 1.23 bits per heavy atom. The van der Waals surface area contributed by atoms with E-state index >= 15 is 0 Å². The van der Waals surface area contributed by atoms with Crippen molar-refractivity contribution in [3.8, 4) is 0 Å². The Balaban J connectivity index is 1.92. The average Bonchev–Trinajstić information content (AvgIpc) is 2.85. The SMILES string of the molecule is CN1C(=O)C(=Cc2ccc(Cl)cc2Cl)SC1=Nc1cccc(C(=O)O)c1. The van der Waals surface area contributed by atoms with Crippen LogP contribution in [0.2, 0.25) is 10.0 Å². The van der Waals surface area contributed by atoms with Crippen molar-refractivity contribution >= 4 is 63.8 Å². The number of nitrogens with zero attached hydrogens (tertiary/aromatic N) is 2. The first-order chi connectivity index (χ1) is 12.3. The minimum atomic E-state index is -1.03. The van der Waals surface area contributed by atoms with Crippen LogP contribution in [0, 0.1) is 0 Å². The number of halogens is 2. The molecule has 1 aliphatic heterocycles. The average molecular weight is 407 g/mol. The van der Waals surface area contributed by atoms with Crippen molar-refractivity contribution in [3.63, 3.8) is 0 Å². The zero-order valence-corrected chi connectivity index (χ0v) is 15.8. The van der Waals surface area contributed by atoms with Gasteiger partial charge in [-0.25, -0.2) is 9.79 Å². The molecule has 132 valence electrons. The van der Waals surface area contributed by atoms with E-state index in [-0.39, 0.29) is 11.5 Å². The summed E-state index contributed by atoms with van der Waals surface area (Å²) in [5, 5.41) is 10.5. The van der Waals surface area contributed by atoms with Crippen molar-refractivity contribution in [1.82, 2.24) is 4.90 Å². The fourth-order valence-electron chi connectivity index (χ4n) is 2.23. The number of rotatable bonds is 3. The van der Waals surface area contributed by atoms with Crippen molar-refractivity contribution in [2.45, 2.75) is 0 Å². The molecule has 0 aliphatic carbocycles. The van der Waals surface area contributed by atoms with Crippen LogP contribution in [0.5, 0.6) is 0 Å². The van der Waals surface area contributed by atoms with Crippen LogP contribution in [0.15, 0.2) is 52.4 Å². The van der Waals surface area contributed by atoms with Crippen LogP contribution in [0.3, 0.4) is 0 Å². The Kier molecular flexibility index (Phi) is 5.36. The highest BCUT2D eigenvalue weighted by Gasteiger charge is 2.30. The van der Waals surface area contributed by atoms with E-state index in [0.717, 1.165) is 0 Å². The zero-order chi connectivity index (χ0) is 18.8. The van der Waals surface area contributed by atoms with Gasteiger partial charge < -0.3 is 5.11 Å². The number of carboxylic acid groups (broad SMARTS) is 1. The molecule has 0 aromatic heterocycles. The summed E-state index contributed by atoms with van der Waals surface area (Å²) in [7, 11) is 1.61. The van der Waals surface area contributed by atoms with Gasteiger partial charge in [-0.05, 0) is 53.7 Å². The lowest BCUT2D eigenvalue weighted by Gasteiger charge is -2.07. The highest BCUT2D eigenvalue weighted by atomic mass is 35.5. The van der Waals surface area contributed by atoms with Crippen LogP contribution in [0.4, 0.5) is 5.69 Å². The van der Waals surface area contributed by atoms with E-state index in [2.05, 4.69) is 4.99 Å². The van der Waals surface area contributed by atoms with Crippen LogP contribution in [-0.2, 0) is 4.79 Å². The Hall–Kier alpha value is -2.28. The molecule has 1 N–H and O–H groups in total. The van der Waals surface area contributed by atoms with Crippen molar-refractivity contribution < 1.29 is 14.7 Å². The van der Waals surface area contributed by atoms with Gasteiger partial charge in [0.2, 0.25) is 0 Å². The molecule has 5 nitrogen and oxygen atoms in total. The summed E-state index contributed by atoms with van der Waals surface area (Å²) in [5.41, 5.74) is 1.26. The van der Waals surface area contributed by atoms with Crippen LogP contribution in [0.25, 0.3) is 6.08 Å². The van der Waals surface area contributed by atoms with Crippen LogP contribution in [-0.4, -0.2) is 34.1 Å². The van der Waals surface area contributed by atoms with Gasteiger partial charge in [-0.3, -0.25) is 9.69 Å². The Morgan fingerprint density at radius 3 is 2.69 bits per heavy atom. The molecule has 0 radical (unpaired) electrons. The molecule has 1 amide bonds. The van der Waals surface area contributed by atoms with Gasteiger partial charge in [0.25, 0.3) is 5.91 Å². The zero-order valence-electron chi connectivity index (χ0n) is 13.4. The number of likely N-dealkylation sites (N-methyl/N-ethyl adjacent to an activating group) is 1. The second-order valence-corrected chi connectivity index (χ2v) is 7.24. The van der Waals surface area contributed by atoms with E-state index in [4.69, 9.17) is 28.3 Å². The van der Waals surface area contributed by atoms with Crippen molar-refractivity contribution in [2.75, 3.05) is 7.05 Å². The Morgan fingerprint density at radius 2 is 2.00 bits per heavy atom. The third kappa shape index (κ3) is 3.93. The predicted molar refractivity (Wildman–Crippen MR) is 105 cm³/mol. The van der Waals surface area contributed by atoms with Gasteiger partial charge in [-0.15, -0.1) is 0 Å². The maximum Gasteiger partial charge on any atom is 0.335 e. The molecule has 1 fully saturated rings. The molecule has 0 saturated carbocycles. The lowest BCUT2D eigenvalue weighted by molar-refractivity contribution is -0.121. The smallest absolute Gasteiger partial charge is 0.335 e. The number of aliphatic imine (C=N–C) groups is 1. The maximum absolute atomic E-state index is 12.5. The van der Waals surface area contributed by atoms with Crippen molar-refractivity contribution in [3.05, 3.63) is 68.5 Å². The number of thioether (sulfide) groups is 1. The van der Waals surface area contributed by atoms with E-state index in [9.17, 15) is 9.59 Å². The molecular formula is C18H12Cl2N2O3S. The molecule has 0 unspecified atom stereocenters. The lowest BCUT2D eigenvalue weighted by Crippen LogP contribution is -2.23. The second kappa shape index (κ2) is 7.53. The summed E-state index contributed by atoms with van der Waals surface area (Å²) in [4.78, 5) is 29.8. The molecule has 1 aliphatic rings. The number of carbonyl (C=O) groups is 2. The summed E-state index contributed by atoms with van der Waals surface area (Å²) in [6.07, 6.45) is 1.68. The van der Waals surface area contributed by atoms with Crippen molar-refractivity contribution in [1.29, 1.82) is 0 Å². The molecule has 1 saturated heterocycles. The third-order valence-corrected chi connectivity index (χ3v) is 5.19. The summed E-state index contributed by atoms with van der Waals surface area (Å²) in [5.74, 6) is -1.25. The standard InChI is InChI=1S/C18H12Cl2N2O3S/c1-22-16(23)15(8-10-5-6-12(19)9-14(10)20)26-18(22)21-13-4-2-3-11(7-13)17(24)25/h2-9H,1H3,(H,24,25). The molecular weight excluding hydrogens is 395 g/mol. The van der Waals surface area contributed by atoms with Gasteiger partial charge in [0, 0.05) is 17.1 Å². The molecule has 1 heterocycles. The van der Waals surface area contributed by atoms with Gasteiger partial charge in [0.05, 0.1) is 16.2 Å². The van der Waals surface area contributed by atoms with Gasteiger partial charge in [-0.2, -0.15) is 0 Å². The van der Waals surface area contributed by atoms with Gasteiger partial charge in [-0.1, -0.05) is 35.3 Å². The predicted octanol–water partition coefficient (Wildman–Crippen LogP) is 4.93. The molecule has 26 heavy (non-hydrogen) atoms. The summed E-state index contributed by atoms with van der Waals surface area (Å²) in [6, 6.07) is 11.2. The number of aromatic carboxylic acids is 1. The molecule has 3 rings (SSSR count). The first kappa shape index (κ1) is 18.5. The largest absolute Gasteiger partial charge is 0.478 e. The first-order valence-corrected chi connectivity index (χ1v) is 8.97.